The van der Waals surface area contributed by atoms with Gasteiger partial charge in [0.15, 0.2) is 0 Å². The molecule has 48 heavy (non-hydrogen) atoms. The average molecular weight is 648 g/mol. The van der Waals surface area contributed by atoms with Gasteiger partial charge in [0.2, 0.25) is 0 Å². The molecule has 3 aromatic carbocycles. The average Bonchev–Trinajstić information content (AvgIpc) is 3.53. The van der Waals surface area contributed by atoms with E-state index in [1.54, 1.807) is 12.1 Å². The number of hydrogen-bond acceptors (Lipinski definition) is 2. The first-order chi connectivity index (χ1) is 23.6. The van der Waals surface area contributed by atoms with Gasteiger partial charge in [-0.05, 0) is 59.4 Å². The zero-order valence-electron chi connectivity index (χ0n) is 30.2. The fourth-order valence-electron chi connectivity index (χ4n) is 8.50. The number of amides is 2. The lowest BCUT2D eigenvalue weighted by Gasteiger charge is -2.33. The molecule has 3 aromatic rings. The van der Waals surface area contributed by atoms with Crippen LogP contribution in [0.4, 0.5) is 5.69 Å². The molecule has 0 atom stereocenters. The number of nitrogens with zero attached hydrogens (tertiary/aromatic N) is 1. The number of anilines is 1. The lowest BCUT2D eigenvalue weighted by atomic mass is 9.70. The zero-order valence-corrected chi connectivity index (χ0v) is 30.2. The molecule has 0 radical (unpaired) electrons. The molecule has 3 nitrogen and oxygen atoms in total. The number of fused-ring (bicyclic) bond motifs is 4. The van der Waals surface area contributed by atoms with E-state index < -0.39 is 0 Å². The molecular weight excluding hydrogens is 587 g/mol. The summed E-state index contributed by atoms with van der Waals surface area (Å²) in [6.07, 6.45) is 28.9. The van der Waals surface area contributed by atoms with Crippen molar-refractivity contribution < 1.29 is 9.59 Å². The Hall–Kier alpha value is -3.20. The van der Waals surface area contributed by atoms with E-state index in [1.807, 2.05) is 18.2 Å². The molecule has 1 aliphatic heterocycles. The van der Waals surface area contributed by atoms with E-state index in [2.05, 4.69) is 50.2 Å². The number of carbonyl (C=O) groups is 2. The van der Waals surface area contributed by atoms with Crippen molar-refractivity contribution in [2.75, 3.05) is 4.90 Å². The number of imide groups is 1. The van der Waals surface area contributed by atoms with Crippen molar-refractivity contribution in [2.45, 2.75) is 161 Å². The fourth-order valence-corrected chi connectivity index (χ4v) is 8.50. The van der Waals surface area contributed by atoms with Gasteiger partial charge in [-0.25, -0.2) is 4.90 Å². The largest absolute Gasteiger partial charge is 0.268 e. The van der Waals surface area contributed by atoms with E-state index in [0.717, 1.165) is 12.8 Å². The van der Waals surface area contributed by atoms with Gasteiger partial charge in [0, 0.05) is 5.41 Å². The molecule has 0 saturated carbocycles. The Bertz CT molecular complexity index is 1410. The van der Waals surface area contributed by atoms with E-state index in [9.17, 15) is 9.59 Å². The van der Waals surface area contributed by atoms with Gasteiger partial charge in [0.25, 0.3) is 11.8 Å². The van der Waals surface area contributed by atoms with Crippen molar-refractivity contribution in [3.8, 4) is 11.1 Å². The molecule has 1 heterocycles. The first kappa shape index (κ1) is 36.1. The van der Waals surface area contributed by atoms with Crippen LogP contribution in [-0.2, 0) is 5.41 Å². The van der Waals surface area contributed by atoms with Crippen LogP contribution in [0, 0.1) is 0 Å². The third-order valence-corrected chi connectivity index (χ3v) is 11.2. The van der Waals surface area contributed by atoms with Crippen LogP contribution in [0.2, 0.25) is 0 Å². The molecule has 5 rings (SSSR count). The summed E-state index contributed by atoms with van der Waals surface area (Å²) in [5.74, 6) is -0.415. The van der Waals surface area contributed by atoms with Gasteiger partial charge in [-0.3, -0.25) is 9.59 Å². The minimum Gasteiger partial charge on any atom is -0.268 e. The van der Waals surface area contributed by atoms with Crippen LogP contribution >= 0.6 is 0 Å². The molecule has 0 fully saturated rings. The van der Waals surface area contributed by atoms with Gasteiger partial charge in [0.1, 0.15) is 0 Å². The molecule has 0 bridgehead atoms. The van der Waals surface area contributed by atoms with Crippen molar-refractivity contribution in [2.24, 2.45) is 0 Å². The van der Waals surface area contributed by atoms with E-state index in [4.69, 9.17) is 0 Å². The lowest BCUT2D eigenvalue weighted by Crippen LogP contribution is -2.30. The van der Waals surface area contributed by atoms with Crippen LogP contribution < -0.4 is 4.90 Å². The van der Waals surface area contributed by atoms with Crippen molar-refractivity contribution in [3.63, 3.8) is 0 Å². The molecule has 3 heteroatoms. The van der Waals surface area contributed by atoms with Crippen molar-refractivity contribution in [1.29, 1.82) is 0 Å². The highest BCUT2D eigenvalue weighted by molar-refractivity contribution is 6.34. The molecule has 1 aliphatic carbocycles. The molecule has 0 saturated heterocycles. The van der Waals surface area contributed by atoms with Gasteiger partial charge in [0.05, 0.1) is 16.8 Å². The first-order valence-electron chi connectivity index (χ1n) is 19.8. The Labute approximate surface area is 291 Å². The third kappa shape index (κ3) is 8.50. The molecule has 0 aromatic heterocycles. The predicted octanol–water partition coefficient (Wildman–Crippen LogP) is 13.4. The summed E-state index contributed by atoms with van der Waals surface area (Å²) >= 11 is 0. The Morgan fingerprint density at radius 1 is 0.438 bits per heavy atom. The third-order valence-electron chi connectivity index (χ3n) is 11.2. The van der Waals surface area contributed by atoms with E-state index in [-0.39, 0.29) is 17.2 Å². The second kappa shape index (κ2) is 18.5. The van der Waals surface area contributed by atoms with Gasteiger partial charge in [-0.15, -0.1) is 0 Å². The summed E-state index contributed by atoms with van der Waals surface area (Å²) < 4.78 is 0. The van der Waals surface area contributed by atoms with Crippen LogP contribution in [0.25, 0.3) is 11.1 Å². The standard InChI is InChI=1S/C45H61NO2/c1-3-5-7-9-11-13-15-17-19-25-33-45(34-26-20-18-16-14-12-10-8-6-4-2)41-30-24-23-27-37(41)38-32-31-36(35-42(38)45)46-43(47)39-28-21-22-29-40(39)44(46)48/h21-24,27-32,35H,3-20,25-26,33-34H2,1-2H3. The van der Waals surface area contributed by atoms with Gasteiger partial charge < -0.3 is 0 Å². The number of rotatable bonds is 23. The normalized spacial score (nSPS) is 14.4. The van der Waals surface area contributed by atoms with Gasteiger partial charge in [-0.1, -0.05) is 185 Å². The number of unbranched alkanes of at least 4 members (excludes halogenated alkanes) is 18. The van der Waals surface area contributed by atoms with Crippen LogP contribution in [0.3, 0.4) is 0 Å². The Morgan fingerprint density at radius 3 is 1.31 bits per heavy atom. The van der Waals surface area contributed by atoms with E-state index in [1.165, 1.54) is 156 Å². The van der Waals surface area contributed by atoms with Crippen molar-refractivity contribution in [1.82, 2.24) is 0 Å². The Balaban J connectivity index is 1.32. The summed E-state index contributed by atoms with van der Waals surface area (Å²) in [5.41, 5.74) is 7.03. The summed E-state index contributed by atoms with van der Waals surface area (Å²) in [4.78, 5) is 28.5. The SMILES string of the molecule is CCCCCCCCCCCCC1(CCCCCCCCCCCC)c2ccccc2-c2ccc(N3C(=O)c4ccccc4C3=O)cc21. The summed E-state index contributed by atoms with van der Waals surface area (Å²) in [6, 6.07) is 22.7. The highest BCUT2D eigenvalue weighted by Gasteiger charge is 2.44. The van der Waals surface area contributed by atoms with Gasteiger partial charge >= 0.3 is 0 Å². The Morgan fingerprint density at radius 2 is 0.833 bits per heavy atom. The molecule has 2 amide bonds. The predicted molar refractivity (Wildman–Crippen MR) is 203 cm³/mol. The fraction of sp³-hybridized carbons (Fsp3) is 0.556. The summed E-state index contributed by atoms with van der Waals surface area (Å²) in [5, 5.41) is 0. The van der Waals surface area contributed by atoms with Crippen molar-refractivity contribution >= 4 is 17.5 Å². The number of hydrogen-bond donors (Lipinski definition) is 0. The zero-order chi connectivity index (χ0) is 33.6. The second-order valence-electron chi connectivity index (χ2n) is 14.7. The summed E-state index contributed by atoms with van der Waals surface area (Å²) in [7, 11) is 0. The maximum atomic E-state index is 13.5. The maximum absolute atomic E-state index is 13.5. The Kier molecular flexibility index (Phi) is 13.9. The van der Waals surface area contributed by atoms with Crippen LogP contribution in [0.15, 0.2) is 66.7 Å². The van der Waals surface area contributed by atoms with E-state index >= 15 is 0 Å². The second-order valence-corrected chi connectivity index (χ2v) is 14.7. The highest BCUT2D eigenvalue weighted by Crippen LogP contribution is 2.55. The quantitative estimate of drug-likeness (QED) is 0.0758. The molecule has 0 unspecified atom stereocenters. The van der Waals surface area contributed by atoms with Crippen LogP contribution in [0.5, 0.6) is 0 Å². The van der Waals surface area contributed by atoms with Crippen LogP contribution in [0.1, 0.15) is 187 Å². The minimum atomic E-state index is -0.207. The summed E-state index contributed by atoms with van der Waals surface area (Å²) in [6.45, 7) is 4.57. The molecule has 0 spiro atoms. The first-order valence-corrected chi connectivity index (χ1v) is 19.8. The lowest BCUT2D eigenvalue weighted by molar-refractivity contribution is 0.0926. The molecule has 0 N–H and O–H groups in total. The monoisotopic (exact) mass is 647 g/mol. The maximum Gasteiger partial charge on any atom is 0.266 e. The minimum absolute atomic E-state index is 0.0824. The smallest absolute Gasteiger partial charge is 0.266 e. The number of carbonyl (C=O) groups excluding carboxylic acids is 2. The molecule has 2 aliphatic rings. The van der Waals surface area contributed by atoms with Gasteiger partial charge in [-0.2, -0.15) is 0 Å². The molecule has 258 valence electrons. The topological polar surface area (TPSA) is 37.4 Å². The van der Waals surface area contributed by atoms with Crippen LogP contribution in [-0.4, -0.2) is 11.8 Å². The van der Waals surface area contributed by atoms with E-state index in [0.29, 0.717) is 16.8 Å². The highest BCUT2D eigenvalue weighted by atomic mass is 16.2. The number of benzene rings is 3. The van der Waals surface area contributed by atoms with Crippen molar-refractivity contribution in [3.05, 3.63) is 89.0 Å². The molecular formula is C45H61NO2.